The summed E-state index contributed by atoms with van der Waals surface area (Å²) >= 11 is 0. The third-order valence-electron chi connectivity index (χ3n) is 4.89. The van der Waals surface area contributed by atoms with E-state index >= 15 is 0 Å². The first-order valence-corrected chi connectivity index (χ1v) is 5.51. The van der Waals surface area contributed by atoms with E-state index < -0.39 is 0 Å². The fourth-order valence-electron chi connectivity index (χ4n) is 4.35. The molecule has 3 aliphatic rings. The van der Waals surface area contributed by atoms with Gasteiger partial charge in [0.15, 0.2) is 0 Å². The average Bonchev–Trinajstić information content (AvgIpc) is 2.57. The number of hydrogen-bond donors (Lipinski definition) is 1. The van der Waals surface area contributed by atoms with Gasteiger partial charge in [-0.15, -0.1) is 0 Å². The Morgan fingerprint density at radius 2 is 2.00 bits per heavy atom. The topological polar surface area (TPSA) is 20.2 Å². The van der Waals surface area contributed by atoms with Gasteiger partial charge in [0, 0.05) is 0 Å². The molecule has 0 aromatic heterocycles. The first-order chi connectivity index (χ1) is 5.83. The summed E-state index contributed by atoms with van der Waals surface area (Å²) in [4.78, 5) is 0. The van der Waals surface area contributed by atoms with Gasteiger partial charge in [0.2, 0.25) is 0 Å². The lowest BCUT2D eigenvalue weighted by Gasteiger charge is -2.39. The summed E-state index contributed by atoms with van der Waals surface area (Å²) in [6.45, 7) is 0. The van der Waals surface area contributed by atoms with Crippen LogP contribution in [-0.4, -0.2) is 11.2 Å². The smallest absolute Gasteiger partial charge is 0.0601 e. The van der Waals surface area contributed by atoms with Crippen LogP contribution < -0.4 is 0 Å². The molecule has 0 saturated heterocycles. The highest BCUT2D eigenvalue weighted by Gasteiger charge is 2.58. The van der Waals surface area contributed by atoms with Gasteiger partial charge in [-0.3, -0.25) is 0 Å². The first kappa shape index (κ1) is 7.37. The van der Waals surface area contributed by atoms with E-state index in [9.17, 15) is 5.11 Å². The largest absolute Gasteiger partial charge is 0.393 e. The maximum Gasteiger partial charge on any atom is 0.0601 e. The van der Waals surface area contributed by atoms with Crippen LogP contribution in [0.1, 0.15) is 44.9 Å². The van der Waals surface area contributed by atoms with Crippen molar-refractivity contribution in [3.8, 4) is 0 Å². The Bertz CT molecular complexity index is 201. The van der Waals surface area contributed by atoms with Crippen LogP contribution in [0.25, 0.3) is 0 Å². The maximum atomic E-state index is 10.0. The molecule has 3 saturated carbocycles. The average molecular weight is 166 g/mol. The molecule has 0 aromatic rings. The lowest BCUT2D eigenvalue weighted by molar-refractivity contribution is 0.000950. The summed E-state index contributed by atoms with van der Waals surface area (Å²) in [6, 6.07) is 0. The molecule has 0 heterocycles. The summed E-state index contributed by atoms with van der Waals surface area (Å²) in [5.74, 6) is 1.82. The summed E-state index contributed by atoms with van der Waals surface area (Å²) in [7, 11) is 0. The van der Waals surface area contributed by atoms with Crippen LogP contribution in [0, 0.1) is 17.3 Å². The molecule has 2 bridgehead atoms. The van der Waals surface area contributed by atoms with E-state index in [1.165, 1.54) is 38.5 Å². The first-order valence-electron chi connectivity index (χ1n) is 5.51. The van der Waals surface area contributed by atoms with E-state index in [1.54, 1.807) is 0 Å². The molecule has 3 aliphatic carbocycles. The van der Waals surface area contributed by atoms with Gasteiger partial charge in [0.05, 0.1) is 6.10 Å². The molecule has 0 aliphatic heterocycles. The van der Waals surface area contributed by atoms with Crippen molar-refractivity contribution >= 4 is 0 Å². The van der Waals surface area contributed by atoms with Gasteiger partial charge < -0.3 is 5.11 Å². The lowest BCUT2D eigenvalue weighted by Crippen LogP contribution is -2.36. The predicted molar refractivity (Wildman–Crippen MR) is 47.7 cm³/mol. The van der Waals surface area contributed by atoms with Gasteiger partial charge in [-0.1, -0.05) is 12.8 Å². The van der Waals surface area contributed by atoms with Crippen LogP contribution >= 0.6 is 0 Å². The summed E-state index contributed by atoms with van der Waals surface area (Å²) in [6.07, 6.45) is 9.50. The third kappa shape index (κ3) is 0.693. The molecule has 12 heavy (non-hydrogen) atoms. The van der Waals surface area contributed by atoms with Gasteiger partial charge in [-0.2, -0.15) is 0 Å². The van der Waals surface area contributed by atoms with Crippen molar-refractivity contribution in [2.45, 2.75) is 51.0 Å². The second-order valence-electron chi connectivity index (χ2n) is 5.14. The zero-order valence-corrected chi connectivity index (χ0v) is 7.63. The van der Waals surface area contributed by atoms with E-state index in [2.05, 4.69) is 0 Å². The van der Waals surface area contributed by atoms with E-state index in [4.69, 9.17) is 0 Å². The number of rotatable bonds is 0. The van der Waals surface area contributed by atoms with Crippen molar-refractivity contribution in [3.63, 3.8) is 0 Å². The number of aliphatic hydroxyl groups excluding tert-OH is 1. The fourth-order valence-corrected chi connectivity index (χ4v) is 4.35. The highest BCUT2D eigenvalue weighted by atomic mass is 16.3. The number of aliphatic hydroxyl groups is 1. The van der Waals surface area contributed by atoms with Gasteiger partial charge in [-0.05, 0) is 49.4 Å². The van der Waals surface area contributed by atoms with Crippen LogP contribution in [0.5, 0.6) is 0 Å². The number of hydrogen-bond acceptors (Lipinski definition) is 1. The van der Waals surface area contributed by atoms with Crippen molar-refractivity contribution in [3.05, 3.63) is 0 Å². The monoisotopic (exact) mass is 166 g/mol. The Morgan fingerprint density at radius 3 is 2.75 bits per heavy atom. The Hall–Kier alpha value is -0.0400. The van der Waals surface area contributed by atoms with Crippen molar-refractivity contribution in [1.82, 2.24) is 0 Å². The zero-order valence-electron chi connectivity index (χ0n) is 7.63. The summed E-state index contributed by atoms with van der Waals surface area (Å²) < 4.78 is 0. The minimum atomic E-state index is 0.0709. The molecule has 1 nitrogen and oxygen atoms in total. The van der Waals surface area contributed by atoms with Crippen molar-refractivity contribution in [2.24, 2.45) is 17.3 Å². The molecule has 0 aromatic carbocycles. The second kappa shape index (κ2) is 2.25. The van der Waals surface area contributed by atoms with E-state index in [0.29, 0.717) is 5.41 Å². The Morgan fingerprint density at radius 1 is 1.08 bits per heavy atom. The molecule has 0 amide bonds. The van der Waals surface area contributed by atoms with Crippen molar-refractivity contribution < 1.29 is 5.11 Å². The second-order valence-corrected chi connectivity index (χ2v) is 5.14. The molecule has 0 radical (unpaired) electrons. The van der Waals surface area contributed by atoms with Crippen molar-refractivity contribution in [2.75, 3.05) is 0 Å². The normalized spacial score (nSPS) is 57.2. The molecular weight excluding hydrogens is 148 g/mol. The van der Waals surface area contributed by atoms with Gasteiger partial charge >= 0.3 is 0 Å². The minimum absolute atomic E-state index is 0.0709. The zero-order chi connectivity index (χ0) is 8.18. The Balaban J connectivity index is 1.97. The molecule has 4 atom stereocenters. The molecule has 1 N–H and O–H groups in total. The van der Waals surface area contributed by atoms with Gasteiger partial charge in [0.25, 0.3) is 0 Å². The van der Waals surface area contributed by atoms with E-state index in [-0.39, 0.29) is 6.10 Å². The van der Waals surface area contributed by atoms with Crippen LogP contribution in [0.15, 0.2) is 0 Å². The van der Waals surface area contributed by atoms with Crippen LogP contribution in [0.2, 0.25) is 0 Å². The van der Waals surface area contributed by atoms with Crippen LogP contribution in [-0.2, 0) is 0 Å². The molecule has 3 rings (SSSR count). The molecule has 68 valence electrons. The molecule has 0 spiro atoms. The molecule has 3 fully saturated rings. The minimum Gasteiger partial charge on any atom is -0.393 e. The van der Waals surface area contributed by atoms with Gasteiger partial charge in [-0.25, -0.2) is 0 Å². The van der Waals surface area contributed by atoms with Crippen LogP contribution in [0.3, 0.4) is 0 Å². The van der Waals surface area contributed by atoms with E-state index in [0.717, 1.165) is 18.3 Å². The highest BCUT2D eigenvalue weighted by molar-refractivity contribution is 5.08. The highest BCUT2D eigenvalue weighted by Crippen LogP contribution is 2.63. The summed E-state index contributed by atoms with van der Waals surface area (Å²) in [5, 5.41) is 10.0. The fraction of sp³-hybridized carbons (Fsp3) is 1.00. The maximum absolute atomic E-state index is 10.0. The standard InChI is InChI=1S/C11H18O/c12-10-7-8-4-6-11(10)5-2-1-3-9(8)11/h8-10,12H,1-7H2/t8-,9-,10-,11+/m0/s1. The summed E-state index contributed by atoms with van der Waals surface area (Å²) in [5.41, 5.74) is 0.420. The Kier molecular flexibility index (Phi) is 1.39. The Labute approximate surface area is 74.2 Å². The quantitative estimate of drug-likeness (QED) is 0.585. The van der Waals surface area contributed by atoms with Crippen molar-refractivity contribution in [1.29, 1.82) is 0 Å². The molecule has 0 unspecified atom stereocenters. The van der Waals surface area contributed by atoms with E-state index in [1.807, 2.05) is 0 Å². The van der Waals surface area contributed by atoms with Crippen LogP contribution in [0.4, 0.5) is 0 Å². The lowest BCUT2D eigenvalue weighted by atomic mass is 9.68. The molecular formula is C11H18O. The molecule has 1 heteroatoms. The van der Waals surface area contributed by atoms with Gasteiger partial charge in [0.1, 0.15) is 0 Å². The predicted octanol–water partition coefficient (Wildman–Crippen LogP) is 2.34. The third-order valence-corrected chi connectivity index (χ3v) is 4.89. The SMILES string of the molecule is O[C@H]1C[C@@H]2CC[C@@]13CCCC[C@@H]23.